The number of rotatable bonds is 10. The monoisotopic (exact) mass is 490 g/mol. The van der Waals surface area contributed by atoms with E-state index in [9.17, 15) is 9.59 Å². The number of nitrogens with one attached hydrogen (secondary N) is 2. The Bertz CT molecular complexity index is 1090. The van der Waals surface area contributed by atoms with Gasteiger partial charge in [-0.2, -0.15) is 11.8 Å². The van der Waals surface area contributed by atoms with E-state index in [1.54, 1.807) is 23.9 Å². The van der Waals surface area contributed by atoms with Gasteiger partial charge in [-0.3, -0.25) is 9.59 Å². The molecule has 5 nitrogen and oxygen atoms in total. The predicted octanol–water partition coefficient (Wildman–Crippen LogP) is 5.19. The van der Waals surface area contributed by atoms with Crippen LogP contribution in [0, 0.1) is 0 Å². The third-order valence-corrected chi connectivity index (χ3v) is 6.01. The lowest BCUT2D eigenvalue weighted by Gasteiger charge is -2.19. The van der Waals surface area contributed by atoms with Crippen LogP contribution in [0.4, 0.5) is 0 Å². The molecule has 0 spiro atoms. The Labute approximate surface area is 201 Å². The first-order chi connectivity index (χ1) is 15.5. The SMILES string of the molecule is CSCCC(NC(=O)c1ccc(Cl)cc1Cl)C(=O)NCCOc1cccc2ccccc12. The second kappa shape index (κ2) is 12.0. The zero-order chi connectivity index (χ0) is 22.9. The molecule has 0 heterocycles. The van der Waals surface area contributed by atoms with Crippen molar-refractivity contribution in [3.63, 3.8) is 0 Å². The van der Waals surface area contributed by atoms with Gasteiger partial charge in [0.2, 0.25) is 5.91 Å². The van der Waals surface area contributed by atoms with Crippen molar-refractivity contribution < 1.29 is 14.3 Å². The molecule has 3 aromatic rings. The highest BCUT2D eigenvalue weighted by Gasteiger charge is 2.22. The van der Waals surface area contributed by atoms with E-state index in [4.69, 9.17) is 27.9 Å². The molecule has 2 N–H and O–H groups in total. The molecule has 0 radical (unpaired) electrons. The Morgan fingerprint density at radius 1 is 1.06 bits per heavy atom. The summed E-state index contributed by atoms with van der Waals surface area (Å²) in [5.74, 6) is 0.806. The molecular weight excluding hydrogens is 467 g/mol. The van der Waals surface area contributed by atoms with Crippen LogP contribution in [0.25, 0.3) is 10.8 Å². The van der Waals surface area contributed by atoms with Crippen LogP contribution >= 0.6 is 35.0 Å². The van der Waals surface area contributed by atoms with Crippen molar-refractivity contribution in [1.82, 2.24) is 10.6 Å². The predicted molar refractivity (Wildman–Crippen MR) is 133 cm³/mol. The van der Waals surface area contributed by atoms with Gasteiger partial charge < -0.3 is 15.4 Å². The van der Waals surface area contributed by atoms with Crippen molar-refractivity contribution in [3.8, 4) is 5.75 Å². The number of ether oxygens (including phenoxy) is 1. The highest BCUT2D eigenvalue weighted by atomic mass is 35.5. The van der Waals surface area contributed by atoms with E-state index in [-0.39, 0.29) is 16.5 Å². The number of hydrogen-bond donors (Lipinski definition) is 2. The zero-order valence-electron chi connectivity index (χ0n) is 17.6. The van der Waals surface area contributed by atoms with E-state index in [0.29, 0.717) is 24.6 Å². The van der Waals surface area contributed by atoms with Crippen LogP contribution in [0.3, 0.4) is 0 Å². The molecule has 32 heavy (non-hydrogen) atoms. The lowest BCUT2D eigenvalue weighted by molar-refractivity contribution is -0.123. The molecule has 0 fully saturated rings. The smallest absolute Gasteiger partial charge is 0.253 e. The number of carbonyl (C=O) groups is 2. The van der Waals surface area contributed by atoms with Crippen LogP contribution < -0.4 is 15.4 Å². The Kier molecular flexibility index (Phi) is 9.09. The van der Waals surface area contributed by atoms with Gasteiger partial charge in [-0.25, -0.2) is 0 Å². The third-order valence-electron chi connectivity index (χ3n) is 4.82. The van der Waals surface area contributed by atoms with Crippen LogP contribution in [-0.4, -0.2) is 43.0 Å². The number of thioether (sulfide) groups is 1. The van der Waals surface area contributed by atoms with Crippen LogP contribution in [0.2, 0.25) is 10.0 Å². The molecular formula is C24H24Cl2N2O3S. The molecule has 1 atom stereocenters. The summed E-state index contributed by atoms with van der Waals surface area (Å²) >= 11 is 13.6. The molecule has 3 aromatic carbocycles. The molecule has 0 saturated carbocycles. The number of benzene rings is 3. The minimum absolute atomic E-state index is 0.238. The Balaban J connectivity index is 1.56. The lowest BCUT2D eigenvalue weighted by atomic mass is 10.1. The highest BCUT2D eigenvalue weighted by molar-refractivity contribution is 7.98. The zero-order valence-corrected chi connectivity index (χ0v) is 19.9. The van der Waals surface area contributed by atoms with Gasteiger partial charge in [0.15, 0.2) is 0 Å². The van der Waals surface area contributed by atoms with Gasteiger partial charge >= 0.3 is 0 Å². The third kappa shape index (κ3) is 6.55. The minimum Gasteiger partial charge on any atom is -0.491 e. The van der Waals surface area contributed by atoms with E-state index in [0.717, 1.165) is 22.3 Å². The lowest BCUT2D eigenvalue weighted by Crippen LogP contribution is -2.48. The quantitative estimate of drug-likeness (QED) is 0.383. The molecule has 2 amide bonds. The minimum atomic E-state index is -0.681. The fourth-order valence-corrected chi connectivity index (χ4v) is 4.16. The van der Waals surface area contributed by atoms with Gasteiger partial charge in [0.25, 0.3) is 5.91 Å². The maximum atomic E-state index is 12.7. The van der Waals surface area contributed by atoms with Crippen molar-refractivity contribution in [1.29, 1.82) is 0 Å². The van der Waals surface area contributed by atoms with Crippen molar-refractivity contribution in [2.45, 2.75) is 12.5 Å². The number of halogens is 2. The molecule has 0 bridgehead atoms. The first kappa shape index (κ1) is 24.2. The van der Waals surface area contributed by atoms with Crippen LogP contribution in [0.1, 0.15) is 16.8 Å². The van der Waals surface area contributed by atoms with Gasteiger partial charge in [-0.1, -0.05) is 59.6 Å². The second-order valence-electron chi connectivity index (χ2n) is 7.05. The molecule has 0 aliphatic rings. The molecule has 8 heteroatoms. The van der Waals surface area contributed by atoms with E-state index in [1.807, 2.05) is 48.7 Å². The summed E-state index contributed by atoms with van der Waals surface area (Å²) in [6.45, 7) is 0.626. The standard InChI is InChI=1S/C24H24Cl2N2O3S/c1-32-14-11-21(28-23(29)19-10-9-17(25)15-20(19)26)24(30)27-12-13-31-22-8-4-6-16-5-2-3-7-18(16)22/h2-10,15,21H,11-14H2,1H3,(H,27,30)(H,28,29). The summed E-state index contributed by atoms with van der Waals surface area (Å²) in [6, 6.07) is 17.8. The van der Waals surface area contributed by atoms with Crippen molar-refractivity contribution in [3.05, 3.63) is 76.3 Å². The van der Waals surface area contributed by atoms with Crippen molar-refractivity contribution >= 4 is 57.6 Å². The van der Waals surface area contributed by atoms with E-state index >= 15 is 0 Å². The summed E-state index contributed by atoms with van der Waals surface area (Å²) < 4.78 is 5.87. The highest BCUT2D eigenvalue weighted by Crippen LogP contribution is 2.25. The average Bonchev–Trinajstić information content (AvgIpc) is 2.79. The summed E-state index contributed by atoms with van der Waals surface area (Å²) in [4.78, 5) is 25.4. The van der Waals surface area contributed by atoms with Gasteiger partial charge in [-0.15, -0.1) is 0 Å². The van der Waals surface area contributed by atoms with Crippen molar-refractivity contribution in [2.75, 3.05) is 25.2 Å². The number of fused-ring (bicyclic) bond motifs is 1. The summed E-state index contributed by atoms with van der Waals surface area (Å²) in [5.41, 5.74) is 0.275. The number of amides is 2. The molecule has 0 aliphatic heterocycles. The topological polar surface area (TPSA) is 67.4 Å². The molecule has 3 rings (SSSR count). The fraction of sp³-hybridized carbons (Fsp3) is 0.250. The van der Waals surface area contributed by atoms with Gasteiger partial charge in [-0.05, 0) is 48.1 Å². The second-order valence-corrected chi connectivity index (χ2v) is 8.88. The van der Waals surface area contributed by atoms with Gasteiger partial charge in [0, 0.05) is 10.4 Å². The maximum absolute atomic E-state index is 12.7. The first-order valence-corrected chi connectivity index (χ1v) is 12.3. The van der Waals surface area contributed by atoms with Crippen molar-refractivity contribution in [2.24, 2.45) is 0 Å². The molecule has 168 valence electrons. The maximum Gasteiger partial charge on any atom is 0.253 e. The van der Waals surface area contributed by atoms with Gasteiger partial charge in [0.1, 0.15) is 18.4 Å². The Hall–Kier alpha value is -2.41. The van der Waals surface area contributed by atoms with Crippen LogP contribution in [0.15, 0.2) is 60.7 Å². The fourth-order valence-electron chi connectivity index (χ4n) is 3.19. The average molecular weight is 491 g/mol. The molecule has 0 aromatic heterocycles. The Morgan fingerprint density at radius 2 is 1.84 bits per heavy atom. The summed E-state index contributed by atoms with van der Waals surface area (Å²) in [6.07, 6.45) is 2.44. The molecule has 0 saturated heterocycles. The molecule has 1 unspecified atom stereocenters. The number of carbonyl (C=O) groups excluding carboxylic acids is 2. The van der Waals surface area contributed by atoms with Crippen LogP contribution in [-0.2, 0) is 4.79 Å². The normalized spacial score (nSPS) is 11.7. The summed E-state index contributed by atoms with van der Waals surface area (Å²) in [5, 5.41) is 8.42. The van der Waals surface area contributed by atoms with Crippen LogP contribution in [0.5, 0.6) is 5.75 Å². The Morgan fingerprint density at radius 3 is 2.62 bits per heavy atom. The van der Waals surface area contributed by atoms with Gasteiger partial charge in [0.05, 0.1) is 17.1 Å². The summed E-state index contributed by atoms with van der Waals surface area (Å²) in [7, 11) is 0. The first-order valence-electron chi connectivity index (χ1n) is 10.1. The van der Waals surface area contributed by atoms with E-state index in [2.05, 4.69) is 10.6 Å². The van der Waals surface area contributed by atoms with E-state index < -0.39 is 11.9 Å². The van der Waals surface area contributed by atoms with E-state index in [1.165, 1.54) is 6.07 Å². The number of hydrogen-bond acceptors (Lipinski definition) is 4. The largest absolute Gasteiger partial charge is 0.491 e. The molecule has 0 aliphatic carbocycles.